The van der Waals surface area contributed by atoms with Crippen LogP contribution in [-0.4, -0.2) is 27.8 Å². The Labute approximate surface area is 156 Å². The van der Waals surface area contributed by atoms with Crippen molar-refractivity contribution >= 4 is 43.4 Å². The highest BCUT2D eigenvalue weighted by molar-refractivity contribution is 7.22. The molecule has 0 radical (unpaired) electrons. The van der Waals surface area contributed by atoms with E-state index >= 15 is 0 Å². The highest BCUT2D eigenvalue weighted by Gasteiger charge is 2.13. The minimum Gasteiger partial charge on any atom is -0.494 e. The largest absolute Gasteiger partial charge is 0.494 e. The SMILES string of the molecule is COc1cccc2sc(NC(=O)Cn3[nH]c(=O)c4ccccc4c3=O)nc12. The summed E-state index contributed by atoms with van der Waals surface area (Å²) in [6.45, 7) is -0.327. The number of carbonyl (C=O) groups excluding carboxylic acids is 1. The molecule has 136 valence electrons. The molecular formula is C18H14N4O4S. The quantitative estimate of drug-likeness (QED) is 0.561. The number of para-hydroxylation sites is 1. The smallest absolute Gasteiger partial charge is 0.273 e. The number of carbonyl (C=O) groups is 1. The van der Waals surface area contributed by atoms with Crippen molar-refractivity contribution in [3.63, 3.8) is 0 Å². The third-order valence-corrected chi connectivity index (χ3v) is 4.97. The standard InChI is InChI=1S/C18H14N4O4S/c1-26-12-7-4-8-13-15(12)20-18(27-13)19-14(23)9-22-17(25)11-6-3-2-5-10(11)16(24)21-22/h2-8H,9H2,1H3,(H,21,24)(H,19,20,23). The molecule has 0 atom stereocenters. The van der Waals surface area contributed by atoms with Gasteiger partial charge in [-0.2, -0.15) is 0 Å². The molecule has 0 aliphatic carbocycles. The molecule has 0 saturated carbocycles. The number of aromatic amines is 1. The van der Waals surface area contributed by atoms with Crippen LogP contribution in [0.15, 0.2) is 52.1 Å². The number of amides is 1. The van der Waals surface area contributed by atoms with Gasteiger partial charge in [0, 0.05) is 0 Å². The maximum absolute atomic E-state index is 12.5. The van der Waals surface area contributed by atoms with Gasteiger partial charge >= 0.3 is 0 Å². The number of thiazole rings is 1. The molecule has 4 aromatic rings. The number of hydrogen-bond donors (Lipinski definition) is 2. The fourth-order valence-electron chi connectivity index (χ4n) is 2.80. The van der Waals surface area contributed by atoms with Crippen molar-refractivity contribution in [2.24, 2.45) is 0 Å². The Kier molecular flexibility index (Phi) is 4.21. The summed E-state index contributed by atoms with van der Waals surface area (Å²) in [7, 11) is 1.55. The van der Waals surface area contributed by atoms with Crippen LogP contribution in [0.5, 0.6) is 5.75 Å². The zero-order valence-corrected chi connectivity index (χ0v) is 15.0. The molecule has 0 fully saturated rings. The second-order valence-corrected chi connectivity index (χ2v) is 6.78. The number of rotatable bonds is 4. The fourth-order valence-corrected chi connectivity index (χ4v) is 3.70. The topological polar surface area (TPSA) is 106 Å². The van der Waals surface area contributed by atoms with Gasteiger partial charge in [-0.25, -0.2) is 9.67 Å². The normalized spacial score (nSPS) is 11.0. The van der Waals surface area contributed by atoms with Crippen LogP contribution in [0.2, 0.25) is 0 Å². The van der Waals surface area contributed by atoms with Gasteiger partial charge < -0.3 is 10.1 Å². The lowest BCUT2D eigenvalue weighted by Gasteiger charge is -2.06. The molecule has 1 amide bonds. The minimum atomic E-state index is -0.471. The van der Waals surface area contributed by atoms with Crippen LogP contribution in [-0.2, 0) is 11.3 Å². The molecule has 2 heterocycles. The summed E-state index contributed by atoms with van der Waals surface area (Å²) in [5.74, 6) is 0.139. The van der Waals surface area contributed by atoms with Crippen LogP contribution < -0.4 is 21.2 Å². The van der Waals surface area contributed by atoms with Gasteiger partial charge in [-0.05, 0) is 24.3 Å². The predicted molar refractivity (Wildman–Crippen MR) is 104 cm³/mol. The molecule has 4 rings (SSSR count). The Bertz CT molecular complexity index is 1290. The molecule has 27 heavy (non-hydrogen) atoms. The van der Waals surface area contributed by atoms with E-state index in [0.29, 0.717) is 16.4 Å². The third-order valence-electron chi connectivity index (χ3n) is 4.03. The highest BCUT2D eigenvalue weighted by atomic mass is 32.1. The van der Waals surface area contributed by atoms with E-state index < -0.39 is 17.0 Å². The van der Waals surface area contributed by atoms with Crippen LogP contribution in [0.3, 0.4) is 0 Å². The van der Waals surface area contributed by atoms with E-state index in [1.807, 2.05) is 12.1 Å². The van der Waals surface area contributed by atoms with Crippen molar-refractivity contribution in [2.75, 3.05) is 12.4 Å². The van der Waals surface area contributed by atoms with Crippen molar-refractivity contribution < 1.29 is 9.53 Å². The first-order chi connectivity index (χ1) is 13.1. The van der Waals surface area contributed by atoms with E-state index in [0.717, 1.165) is 9.38 Å². The molecule has 0 aliphatic rings. The number of benzene rings is 2. The van der Waals surface area contributed by atoms with Gasteiger partial charge in [-0.3, -0.25) is 19.5 Å². The number of anilines is 1. The zero-order valence-electron chi connectivity index (χ0n) is 14.2. The summed E-state index contributed by atoms with van der Waals surface area (Å²) in [5, 5.41) is 6.02. The first-order valence-corrected chi connectivity index (χ1v) is 8.84. The third kappa shape index (κ3) is 3.08. The van der Waals surface area contributed by atoms with E-state index in [4.69, 9.17) is 4.74 Å². The first kappa shape index (κ1) is 17.0. The number of H-pyrrole nitrogens is 1. The molecule has 8 nitrogen and oxygen atoms in total. The Morgan fingerprint density at radius 1 is 1.19 bits per heavy atom. The summed E-state index contributed by atoms with van der Waals surface area (Å²) in [6, 6.07) is 12.0. The summed E-state index contributed by atoms with van der Waals surface area (Å²) >= 11 is 1.29. The molecule has 0 aliphatic heterocycles. The van der Waals surface area contributed by atoms with Gasteiger partial charge in [0.15, 0.2) is 5.13 Å². The van der Waals surface area contributed by atoms with E-state index in [2.05, 4.69) is 15.4 Å². The van der Waals surface area contributed by atoms with Crippen molar-refractivity contribution in [1.82, 2.24) is 14.8 Å². The van der Waals surface area contributed by atoms with Gasteiger partial charge in [0.2, 0.25) is 5.91 Å². The number of nitrogens with one attached hydrogen (secondary N) is 2. The molecule has 2 aromatic carbocycles. The highest BCUT2D eigenvalue weighted by Crippen LogP contribution is 2.31. The first-order valence-electron chi connectivity index (χ1n) is 8.02. The van der Waals surface area contributed by atoms with Gasteiger partial charge in [-0.15, -0.1) is 0 Å². The van der Waals surface area contributed by atoms with Crippen LogP contribution in [0.4, 0.5) is 5.13 Å². The van der Waals surface area contributed by atoms with Crippen LogP contribution >= 0.6 is 11.3 Å². The van der Waals surface area contributed by atoms with Crippen molar-refractivity contribution in [3.8, 4) is 5.75 Å². The molecule has 2 aromatic heterocycles. The van der Waals surface area contributed by atoms with E-state index in [-0.39, 0.29) is 17.3 Å². The molecule has 2 N–H and O–H groups in total. The fraction of sp³-hybridized carbons (Fsp3) is 0.111. The van der Waals surface area contributed by atoms with Crippen LogP contribution in [0.1, 0.15) is 0 Å². The number of nitrogens with zero attached hydrogens (tertiary/aromatic N) is 2. The lowest BCUT2D eigenvalue weighted by atomic mass is 10.2. The van der Waals surface area contributed by atoms with Gasteiger partial charge in [0.1, 0.15) is 17.8 Å². The van der Waals surface area contributed by atoms with E-state index in [1.165, 1.54) is 11.3 Å². The predicted octanol–water partition coefficient (Wildman–Crippen LogP) is 1.95. The number of fused-ring (bicyclic) bond motifs is 2. The van der Waals surface area contributed by atoms with Gasteiger partial charge in [0.05, 0.1) is 22.6 Å². The van der Waals surface area contributed by atoms with E-state index in [1.54, 1.807) is 37.4 Å². The lowest BCUT2D eigenvalue weighted by molar-refractivity contribution is -0.117. The van der Waals surface area contributed by atoms with Crippen molar-refractivity contribution in [1.29, 1.82) is 0 Å². The summed E-state index contributed by atoms with van der Waals surface area (Å²) < 4.78 is 7.11. The maximum Gasteiger partial charge on any atom is 0.273 e. The Morgan fingerprint density at radius 2 is 1.96 bits per heavy atom. The van der Waals surface area contributed by atoms with E-state index in [9.17, 15) is 14.4 Å². The summed E-state index contributed by atoms with van der Waals surface area (Å²) in [5.41, 5.74) is -0.217. The number of hydrogen-bond acceptors (Lipinski definition) is 6. The summed E-state index contributed by atoms with van der Waals surface area (Å²) in [6.07, 6.45) is 0. The lowest BCUT2D eigenvalue weighted by Crippen LogP contribution is -2.34. The Hall–Kier alpha value is -3.46. The number of aromatic nitrogens is 3. The number of ether oxygens (including phenoxy) is 1. The minimum absolute atomic E-state index is 0.263. The van der Waals surface area contributed by atoms with Crippen LogP contribution in [0, 0.1) is 0 Å². The molecule has 0 bridgehead atoms. The molecule has 0 spiro atoms. The molecule has 0 unspecified atom stereocenters. The average Bonchev–Trinajstić information content (AvgIpc) is 3.08. The van der Waals surface area contributed by atoms with Crippen LogP contribution in [0.25, 0.3) is 21.0 Å². The molecule has 9 heteroatoms. The van der Waals surface area contributed by atoms with Gasteiger partial charge in [0.25, 0.3) is 11.1 Å². The van der Waals surface area contributed by atoms with Gasteiger partial charge in [-0.1, -0.05) is 29.5 Å². The second-order valence-electron chi connectivity index (χ2n) is 5.75. The second kappa shape index (κ2) is 6.69. The molecule has 0 saturated heterocycles. The van der Waals surface area contributed by atoms with Crippen molar-refractivity contribution in [3.05, 3.63) is 63.2 Å². The maximum atomic E-state index is 12.5. The average molecular weight is 382 g/mol. The summed E-state index contributed by atoms with van der Waals surface area (Å²) in [4.78, 5) is 41.3. The van der Waals surface area contributed by atoms with Crippen molar-refractivity contribution in [2.45, 2.75) is 6.54 Å². The Balaban J connectivity index is 1.62. The Morgan fingerprint density at radius 3 is 2.74 bits per heavy atom. The zero-order chi connectivity index (χ0) is 19.0. The monoisotopic (exact) mass is 382 g/mol. The number of methoxy groups -OCH3 is 1. The molecular weight excluding hydrogens is 368 g/mol.